The summed E-state index contributed by atoms with van der Waals surface area (Å²) in [6.07, 6.45) is 2.42. The highest BCUT2D eigenvalue weighted by molar-refractivity contribution is 5.63. The number of aromatic nitrogens is 1. The second-order valence-electron chi connectivity index (χ2n) is 6.73. The Kier molecular flexibility index (Phi) is 5.57. The fraction of sp³-hybridized carbons (Fsp3) is 0.409. The van der Waals surface area contributed by atoms with Crippen molar-refractivity contribution in [1.82, 2.24) is 4.98 Å². The maximum Gasteiger partial charge on any atom is 0.217 e. The summed E-state index contributed by atoms with van der Waals surface area (Å²) in [7, 11) is 1.60. The van der Waals surface area contributed by atoms with Gasteiger partial charge in [-0.2, -0.15) is 0 Å². The van der Waals surface area contributed by atoms with Crippen molar-refractivity contribution in [3.63, 3.8) is 0 Å². The van der Waals surface area contributed by atoms with Crippen LogP contribution in [0.25, 0.3) is 11.3 Å². The highest BCUT2D eigenvalue weighted by Crippen LogP contribution is 2.28. The third-order valence-electron chi connectivity index (χ3n) is 4.48. The van der Waals surface area contributed by atoms with E-state index in [1.807, 2.05) is 30.3 Å². The van der Waals surface area contributed by atoms with Crippen molar-refractivity contribution in [3.8, 4) is 34.7 Å². The molecule has 0 amide bonds. The fourth-order valence-electron chi connectivity index (χ4n) is 2.78. The molecule has 27 heavy (non-hydrogen) atoms. The van der Waals surface area contributed by atoms with Crippen LogP contribution in [0, 0.1) is 17.8 Å². The third-order valence-corrected chi connectivity index (χ3v) is 4.48. The lowest BCUT2D eigenvalue weighted by Gasteiger charge is -2.23. The summed E-state index contributed by atoms with van der Waals surface area (Å²) in [5.41, 5.74) is 2.82. The number of rotatable bonds is 5. The monoisotopic (exact) mass is 365 g/mol. The molecule has 5 heteroatoms. The van der Waals surface area contributed by atoms with Crippen LogP contribution in [0.15, 0.2) is 36.4 Å². The quantitative estimate of drug-likeness (QED) is 0.761. The van der Waals surface area contributed by atoms with Crippen molar-refractivity contribution in [2.45, 2.75) is 18.9 Å². The van der Waals surface area contributed by atoms with Gasteiger partial charge in [0.05, 0.1) is 32.6 Å². The second kappa shape index (κ2) is 8.43. The Labute approximate surface area is 159 Å². The molecule has 2 aliphatic rings. The lowest BCUT2D eigenvalue weighted by Crippen LogP contribution is -2.33. The minimum absolute atomic E-state index is 0.0503. The molecule has 1 aliphatic heterocycles. The van der Waals surface area contributed by atoms with E-state index in [1.54, 1.807) is 13.2 Å². The van der Waals surface area contributed by atoms with Gasteiger partial charge in [0.15, 0.2) is 0 Å². The molecule has 0 spiro atoms. The molecule has 2 aromatic rings. The van der Waals surface area contributed by atoms with Gasteiger partial charge in [0, 0.05) is 29.2 Å². The molecule has 1 saturated heterocycles. The van der Waals surface area contributed by atoms with E-state index < -0.39 is 0 Å². The first-order chi connectivity index (χ1) is 13.3. The minimum Gasteiger partial charge on any atom is -0.491 e. The Morgan fingerprint density at radius 3 is 2.70 bits per heavy atom. The molecule has 140 valence electrons. The van der Waals surface area contributed by atoms with Crippen LogP contribution in [0.4, 0.5) is 0 Å². The topological polar surface area (TPSA) is 49.8 Å². The second-order valence-corrected chi connectivity index (χ2v) is 6.73. The summed E-state index contributed by atoms with van der Waals surface area (Å²) in [6, 6.07) is 11.8. The largest absolute Gasteiger partial charge is 0.491 e. The Hall–Kier alpha value is -2.55. The Morgan fingerprint density at radius 1 is 1.15 bits per heavy atom. The number of nitrogens with zero attached hydrogens (tertiary/aromatic N) is 1. The number of hydrogen-bond donors (Lipinski definition) is 0. The van der Waals surface area contributed by atoms with Gasteiger partial charge in [-0.05, 0) is 25.0 Å². The number of benzene rings is 1. The molecular weight excluding hydrogens is 342 g/mol. The minimum atomic E-state index is -0.0503. The average molecular weight is 365 g/mol. The molecule has 1 saturated carbocycles. The van der Waals surface area contributed by atoms with Crippen molar-refractivity contribution >= 4 is 0 Å². The molecular formula is C22H23NO4. The van der Waals surface area contributed by atoms with Crippen LogP contribution < -0.4 is 9.47 Å². The average Bonchev–Trinajstić information content (AvgIpc) is 3.56. The highest BCUT2D eigenvalue weighted by Gasteiger charge is 2.18. The summed E-state index contributed by atoms with van der Waals surface area (Å²) in [5, 5.41) is 0. The molecule has 1 aliphatic carbocycles. The number of ether oxygens (including phenoxy) is 4. The Balaban J connectivity index is 1.48. The van der Waals surface area contributed by atoms with Crippen molar-refractivity contribution in [2.75, 3.05) is 33.5 Å². The van der Waals surface area contributed by atoms with E-state index in [-0.39, 0.29) is 6.10 Å². The van der Waals surface area contributed by atoms with Gasteiger partial charge < -0.3 is 18.9 Å². The van der Waals surface area contributed by atoms with Crippen LogP contribution in [-0.4, -0.2) is 44.6 Å². The molecule has 5 nitrogen and oxygen atoms in total. The molecule has 1 atom stereocenters. The van der Waals surface area contributed by atoms with E-state index in [4.69, 9.17) is 18.9 Å². The van der Waals surface area contributed by atoms with Crippen molar-refractivity contribution in [2.24, 2.45) is 5.92 Å². The first-order valence-electron chi connectivity index (χ1n) is 9.30. The van der Waals surface area contributed by atoms with E-state index in [0.717, 1.165) is 16.8 Å². The summed E-state index contributed by atoms with van der Waals surface area (Å²) in [4.78, 5) is 4.54. The van der Waals surface area contributed by atoms with Crippen LogP contribution >= 0.6 is 0 Å². The van der Waals surface area contributed by atoms with Gasteiger partial charge in [0.25, 0.3) is 0 Å². The van der Waals surface area contributed by atoms with Gasteiger partial charge in [0.2, 0.25) is 5.88 Å². The summed E-state index contributed by atoms with van der Waals surface area (Å²) in [6.45, 7) is 2.24. The van der Waals surface area contributed by atoms with Crippen molar-refractivity contribution in [3.05, 3.63) is 42.0 Å². The van der Waals surface area contributed by atoms with Gasteiger partial charge in [-0.15, -0.1) is 0 Å². The van der Waals surface area contributed by atoms with E-state index in [2.05, 4.69) is 16.8 Å². The van der Waals surface area contributed by atoms with E-state index in [0.29, 0.717) is 44.0 Å². The summed E-state index contributed by atoms with van der Waals surface area (Å²) in [5.74, 6) is 8.32. The Morgan fingerprint density at radius 2 is 2.00 bits per heavy atom. The smallest absolute Gasteiger partial charge is 0.217 e. The van der Waals surface area contributed by atoms with Crippen molar-refractivity contribution in [1.29, 1.82) is 0 Å². The zero-order chi connectivity index (χ0) is 18.5. The first kappa shape index (κ1) is 17.8. The number of hydrogen-bond acceptors (Lipinski definition) is 5. The lowest BCUT2D eigenvalue weighted by atomic mass is 10.1. The van der Waals surface area contributed by atoms with Crippen LogP contribution in [0.3, 0.4) is 0 Å². The molecule has 0 radical (unpaired) electrons. The fourth-order valence-corrected chi connectivity index (χ4v) is 2.78. The SMILES string of the molecule is COc1cc(OC[C@H]2COCCO2)cc(-c2ccc(C#CC3CC3)cc2)n1. The third kappa shape index (κ3) is 5.00. The Bertz CT molecular complexity index is 828. The van der Waals surface area contributed by atoms with E-state index >= 15 is 0 Å². The molecule has 0 unspecified atom stereocenters. The van der Waals surface area contributed by atoms with Gasteiger partial charge in [-0.25, -0.2) is 4.98 Å². The maximum atomic E-state index is 5.90. The predicted octanol–water partition coefficient (Wildman–Crippen LogP) is 3.31. The van der Waals surface area contributed by atoms with Crippen molar-refractivity contribution < 1.29 is 18.9 Å². The van der Waals surface area contributed by atoms with Crippen LogP contribution in [0.1, 0.15) is 18.4 Å². The molecule has 0 bridgehead atoms. The van der Waals surface area contributed by atoms with Gasteiger partial charge in [0.1, 0.15) is 18.5 Å². The lowest BCUT2D eigenvalue weighted by molar-refractivity contribution is -0.101. The standard InChI is InChI=1S/C22H23NO4/c1-24-22-13-19(27-15-20-14-25-10-11-26-20)12-21(23-22)18-8-6-17(7-9-18)5-4-16-2-3-16/h6-9,12-13,16,20H,2-3,10-11,14-15H2,1H3/t20-/m1/s1. The van der Waals surface area contributed by atoms with Crippen LogP contribution in [-0.2, 0) is 9.47 Å². The zero-order valence-corrected chi connectivity index (χ0v) is 15.4. The molecule has 1 aromatic carbocycles. The molecule has 0 N–H and O–H groups in total. The molecule has 2 heterocycles. The molecule has 1 aromatic heterocycles. The number of methoxy groups -OCH3 is 1. The normalized spacial score (nSPS) is 19.1. The molecule has 2 fully saturated rings. The molecule has 4 rings (SSSR count). The summed E-state index contributed by atoms with van der Waals surface area (Å²) < 4.78 is 22.3. The maximum absolute atomic E-state index is 5.90. The van der Waals surface area contributed by atoms with Gasteiger partial charge in [-0.3, -0.25) is 0 Å². The number of pyridine rings is 1. The van der Waals surface area contributed by atoms with E-state index in [9.17, 15) is 0 Å². The zero-order valence-electron chi connectivity index (χ0n) is 15.4. The van der Waals surface area contributed by atoms with Gasteiger partial charge >= 0.3 is 0 Å². The highest BCUT2D eigenvalue weighted by atomic mass is 16.6. The summed E-state index contributed by atoms with van der Waals surface area (Å²) >= 11 is 0. The first-order valence-corrected chi connectivity index (χ1v) is 9.30. The predicted molar refractivity (Wildman–Crippen MR) is 102 cm³/mol. The van der Waals surface area contributed by atoms with E-state index in [1.165, 1.54) is 12.8 Å². The van der Waals surface area contributed by atoms with Crippen LogP contribution in [0.2, 0.25) is 0 Å². The van der Waals surface area contributed by atoms with Crippen LogP contribution in [0.5, 0.6) is 11.6 Å². The van der Waals surface area contributed by atoms with Gasteiger partial charge in [-0.1, -0.05) is 24.0 Å².